The molecule has 1 aliphatic heterocycles. The van der Waals surface area contributed by atoms with Gasteiger partial charge in [0.2, 0.25) is 0 Å². The maximum atomic E-state index is 12.8. The molecule has 0 radical (unpaired) electrons. The SMILES string of the molecule is CC(C)C1(C(=O)O)CCN(C(=O)c2csc(-c3cccc([N+](=O)[O-])c3)n2)C1. The Bertz CT molecular complexity index is 910. The Morgan fingerprint density at radius 1 is 1.41 bits per heavy atom. The average Bonchev–Trinajstić information content (AvgIpc) is 3.29. The molecule has 0 aliphatic carbocycles. The van der Waals surface area contributed by atoms with Crippen LogP contribution in [0, 0.1) is 21.4 Å². The number of benzene rings is 1. The molecule has 0 saturated carbocycles. The van der Waals surface area contributed by atoms with Crippen LogP contribution < -0.4 is 0 Å². The van der Waals surface area contributed by atoms with Gasteiger partial charge in [0.15, 0.2) is 0 Å². The fourth-order valence-electron chi connectivity index (χ4n) is 3.32. The van der Waals surface area contributed by atoms with Crippen LogP contribution in [0.25, 0.3) is 10.6 Å². The van der Waals surface area contributed by atoms with E-state index in [0.717, 1.165) is 0 Å². The van der Waals surface area contributed by atoms with Crippen LogP contribution in [0.5, 0.6) is 0 Å². The van der Waals surface area contributed by atoms with E-state index < -0.39 is 16.3 Å². The van der Waals surface area contributed by atoms with Crippen molar-refractivity contribution in [1.82, 2.24) is 9.88 Å². The van der Waals surface area contributed by atoms with Crippen molar-refractivity contribution < 1.29 is 19.6 Å². The van der Waals surface area contributed by atoms with Crippen molar-refractivity contribution >= 4 is 28.9 Å². The Hall–Kier alpha value is -2.81. The van der Waals surface area contributed by atoms with Gasteiger partial charge in [0.05, 0.1) is 10.3 Å². The highest BCUT2D eigenvalue weighted by atomic mass is 32.1. The summed E-state index contributed by atoms with van der Waals surface area (Å²) in [4.78, 5) is 40.8. The fourth-order valence-corrected chi connectivity index (χ4v) is 4.11. The lowest BCUT2D eigenvalue weighted by Crippen LogP contribution is -2.40. The van der Waals surface area contributed by atoms with E-state index in [1.54, 1.807) is 17.5 Å². The van der Waals surface area contributed by atoms with Crippen LogP contribution in [0.1, 0.15) is 30.8 Å². The number of thiazole rings is 1. The number of carboxylic acid groups (broad SMARTS) is 1. The summed E-state index contributed by atoms with van der Waals surface area (Å²) in [5.41, 5.74) is -0.185. The molecule has 1 aliphatic rings. The zero-order valence-electron chi connectivity index (χ0n) is 14.9. The highest BCUT2D eigenvalue weighted by Crippen LogP contribution is 2.39. The quantitative estimate of drug-likeness (QED) is 0.620. The Balaban J connectivity index is 1.81. The highest BCUT2D eigenvalue weighted by Gasteiger charge is 2.48. The number of rotatable bonds is 5. The number of amides is 1. The summed E-state index contributed by atoms with van der Waals surface area (Å²) in [6, 6.07) is 6.08. The van der Waals surface area contributed by atoms with Crippen molar-refractivity contribution in [1.29, 1.82) is 0 Å². The number of aromatic nitrogens is 1. The van der Waals surface area contributed by atoms with Gasteiger partial charge < -0.3 is 10.0 Å². The maximum Gasteiger partial charge on any atom is 0.311 e. The van der Waals surface area contributed by atoms with Crippen LogP contribution >= 0.6 is 11.3 Å². The third-order valence-electron chi connectivity index (χ3n) is 5.15. The first-order chi connectivity index (χ1) is 12.7. The van der Waals surface area contributed by atoms with E-state index in [1.165, 1.54) is 28.4 Å². The highest BCUT2D eigenvalue weighted by molar-refractivity contribution is 7.13. The monoisotopic (exact) mass is 389 g/mol. The summed E-state index contributed by atoms with van der Waals surface area (Å²) in [5.74, 6) is -1.29. The molecule has 2 heterocycles. The Morgan fingerprint density at radius 2 is 2.15 bits per heavy atom. The minimum Gasteiger partial charge on any atom is -0.481 e. The van der Waals surface area contributed by atoms with E-state index in [0.29, 0.717) is 23.5 Å². The number of nitro groups is 1. The van der Waals surface area contributed by atoms with Gasteiger partial charge in [-0.2, -0.15) is 0 Å². The molecule has 1 atom stereocenters. The molecule has 3 rings (SSSR count). The molecule has 1 saturated heterocycles. The second-order valence-electron chi connectivity index (χ2n) is 6.94. The van der Waals surface area contributed by atoms with Crippen molar-refractivity contribution in [2.45, 2.75) is 20.3 Å². The second kappa shape index (κ2) is 7.07. The number of carbonyl (C=O) groups excluding carboxylic acids is 1. The van der Waals surface area contributed by atoms with E-state index in [9.17, 15) is 24.8 Å². The molecule has 1 N–H and O–H groups in total. The minimum atomic E-state index is -0.936. The van der Waals surface area contributed by atoms with Crippen molar-refractivity contribution in [3.8, 4) is 10.6 Å². The van der Waals surface area contributed by atoms with E-state index in [2.05, 4.69) is 4.98 Å². The van der Waals surface area contributed by atoms with Gasteiger partial charge in [-0.15, -0.1) is 11.3 Å². The molecule has 1 amide bonds. The van der Waals surface area contributed by atoms with Crippen LogP contribution in [0.2, 0.25) is 0 Å². The van der Waals surface area contributed by atoms with Crippen molar-refractivity contribution in [2.24, 2.45) is 11.3 Å². The predicted molar refractivity (Wildman–Crippen MR) is 99.6 cm³/mol. The first-order valence-corrected chi connectivity index (χ1v) is 9.35. The number of nitrogens with zero attached hydrogens (tertiary/aromatic N) is 3. The molecule has 0 spiro atoms. The molecular formula is C18H19N3O5S. The number of likely N-dealkylation sites (tertiary alicyclic amines) is 1. The molecular weight excluding hydrogens is 370 g/mol. The third kappa shape index (κ3) is 3.42. The largest absolute Gasteiger partial charge is 0.481 e. The number of nitro benzene ring substituents is 1. The lowest BCUT2D eigenvalue weighted by molar-refractivity contribution is -0.384. The summed E-state index contributed by atoms with van der Waals surface area (Å²) in [6.07, 6.45) is 0.410. The summed E-state index contributed by atoms with van der Waals surface area (Å²) in [5, 5.41) is 22.7. The molecule has 2 aromatic rings. The van der Waals surface area contributed by atoms with Crippen molar-refractivity contribution in [2.75, 3.05) is 13.1 Å². The number of hydrogen-bond donors (Lipinski definition) is 1. The first-order valence-electron chi connectivity index (χ1n) is 8.47. The summed E-state index contributed by atoms with van der Waals surface area (Å²) >= 11 is 1.23. The molecule has 1 aromatic carbocycles. The number of hydrogen-bond acceptors (Lipinski definition) is 6. The molecule has 27 heavy (non-hydrogen) atoms. The Kier molecular flexibility index (Phi) is 4.97. The van der Waals surface area contributed by atoms with Crippen molar-refractivity contribution in [3.63, 3.8) is 0 Å². The summed E-state index contributed by atoms with van der Waals surface area (Å²) < 4.78 is 0. The minimum absolute atomic E-state index is 0.0432. The van der Waals surface area contributed by atoms with Crippen LogP contribution in [0.3, 0.4) is 0 Å². The van der Waals surface area contributed by atoms with Crippen molar-refractivity contribution in [3.05, 3.63) is 45.5 Å². The summed E-state index contributed by atoms with van der Waals surface area (Å²) in [6.45, 7) is 4.23. The van der Waals surface area contributed by atoms with Crippen LogP contribution in [0.4, 0.5) is 5.69 Å². The first kappa shape index (κ1) is 19.0. The molecule has 0 bridgehead atoms. The lowest BCUT2D eigenvalue weighted by atomic mass is 9.76. The average molecular weight is 389 g/mol. The van der Waals surface area contributed by atoms with Gasteiger partial charge in [-0.25, -0.2) is 4.98 Å². The van der Waals surface area contributed by atoms with E-state index >= 15 is 0 Å². The molecule has 9 heteroatoms. The van der Waals surface area contributed by atoms with Crippen LogP contribution in [0.15, 0.2) is 29.6 Å². The zero-order chi connectivity index (χ0) is 19.8. The number of carboxylic acids is 1. The van der Waals surface area contributed by atoms with Gasteiger partial charge in [-0.05, 0) is 12.3 Å². The van der Waals surface area contributed by atoms with Gasteiger partial charge in [0.1, 0.15) is 10.7 Å². The standard InChI is InChI=1S/C18H19N3O5S/c1-11(2)18(17(23)24)6-7-20(10-18)16(22)14-9-27-15(19-14)12-4-3-5-13(8-12)21(25)26/h3-5,8-9,11H,6-7,10H2,1-2H3,(H,23,24). The molecule has 1 unspecified atom stereocenters. The zero-order valence-corrected chi connectivity index (χ0v) is 15.7. The number of carbonyl (C=O) groups is 2. The Labute approximate surface area is 159 Å². The third-order valence-corrected chi connectivity index (χ3v) is 6.04. The van der Waals surface area contributed by atoms with E-state index in [-0.39, 0.29) is 29.8 Å². The second-order valence-corrected chi connectivity index (χ2v) is 7.80. The van der Waals surface area contributed by atoms with Gasteiger partial charge in [-0.1, -0.05) is 26.0 Å². The molecule has 142 valence electrons. The maximum absolute atomic E-state index is 12.8. The van der Waals surface area contributed by atoms with Gasteiger partial charge in [0, 0.05) is 36.2 Å². The summed E-state index contributed by atoms with van der Waals surface area (Å²) in [7, 11) is 0. The molecule has 8 nitrogen and oxygen atoms in total. The lowest BCUT2D eigenvalue weighted by Gasteiger charge is -2.28. The van der Waals surface area contributed by atoms with Crippen LogP contribution in [-0.2, 0) is 4.79 Å². The number of aliphatic carboxylic acids is 1. The van der Waals surface area contributed by atoms with Gasteiger partial charge in [0.25, 0.3) is 11.6 Å². The van der Waals surface area contributed by atoms with E-state index in [1.807, 2.05) is 13.8 Å². The normalized spacial score (nSPS) is 19.4. The fraction of sp³-hybridized carbons (Fsp3) is 0.389. The van der Waals surface area contributed by atoms with Crippen LogP contribution in [-0.4, -0.2) is 44.9 Å². The van der Waals surface area contributed by atoms with Gasteiger partial charge >= 0.3 is 5.97 Å². The van der Waals surface area contributed by atoms with Gasteiger partial charge in [-0.3, -0.25) is 19.7 Å². The number of non-ortho nitro benzene ring substituents is 1. The Morgan fingerprint density at radius 3 is 2.74 bits per heavy atom. The smallest absolute Gasteiger partial charge is 0.311 e. The topological polar surface area (TPSA) is 114 Å². The molecule has 1 fully saturated rings. The molecule has 1 aromatic heterocycles. The van der Waals surface area contributed by atoms with E-state index in [4.69, 9.17) is 0 Å². The predicted octanol–water partition coefficient (Wildman–Crippen LogP) is 3.29.